The van der Waals surface area contributed by atoms with Crippen LogP contribution in [0.5, 0.6) is 0 Å². The number of nitrogens with zero attached hydrogens (tertiary/aromatic N) is 2. The maximum Gasteiger partial charge on any atom is 0.127 e. The summed E-state index contributed by atoms with van der Waals surface area (Å²) in [4.78, 5) is 4.40. The highest BCUT2D eigenvalue weighted by molar-refractivity contribution is 5.00. The van der Waals surface area contributed by atoms with Gasteiger partial charge in [0.1, 0.15) is 5.82 Å². The van der Waals surface area contributed by atoms with Gasteiger partial charge >= 0.3 is 0 Å². The van der Waals surface area contributed by atoms with Crippen LogP contribution in [0.4, 0.5) is 0 Å². The maximum absolute atomic E-state index is 5.60. The van der Waals surface area contributed by atoms with E-state index in [4.69, 9.17) is 5.84 Å². The SMILES string of the molecule is CCCn1ccnc1C(NN)C(C)CC. The summed E-state index contributed by atoms with van der Waals surface area (Å²) in [7, 11) is 0. The van der Waals surface area contributed by atoms with Gasteiger partial charge in [-0.05, 0) is 12.3 Å². The monoisotopic (exact) mass is 210 g/mol. The largest absolute Gasteiger partial charge is 0.334 e. The van der Waals surface area contributed by atoms with Gasteiger partial charge in [-0.2, -0.15) is 0 Å². The van der Waals surface area contributed by atoms with Crippen LogP contribution in [0.2, 0.25) is 0 Å². The van der Waals surface area contributed by atoms with Crippen LogP contribution in [0.1, 0.15) is 45.5 Å². The van der Waals surface area contributed by atoms with E-state index >= 15 is 0 Å². The number of aromatic nitrogens is 2. The number of hydrogen-bond acceptors (Lipinski definition) is 3. The van der Waals surface area contributed by atoms with Crippen molar-refractivity contribution in [1.29, 1.82) is 0 Å². The van der Waals surface area contributed by atoms with E-state index in [-0.39, 0.29) is 6.04 Å². The molecule has 1 heterocycles. The topological polar surface area (TPSA) is 55.9 Å². The molecule has 0 bridgehead atoms. The van der Waals surface area contributed by atoms with Gasteiger partial charge in [0.15, 0.2) is 0 Å². The fourth-order valence-corrected chi connectivity index (χ4v) is 1.76. The van der Waals surface area contributed by atoms with Crippen molar-refractivity contribution >= 4 is 0 Å². The molecular weight excluding hydrogens is 188 g/mol. The molecular formula is C11H22N4. The number of hydrazine groups is 1. The fourth-order valence-electron chi connectivity index (χ4n) is 1.76. The van der Waals surface area contributed by atoms with E-state index in [1.165, 1.54) is 0 Å². The van der Waals surface area contributed by atoms with E-state index in [1.807, 2.05) is 12.4 Å². The predicted octanol–water partition coefficient (Wildman–Crippen LogP) is 1.84. The number of nitrogens with one attached hydrogen (secondary N) is 1. The lowest BCUT2D eigenvalue weighted by atomic mass is 9.99. The molecule has 0 aromatic carbocycles. The minimum absolute atomic E-state index is 0.150. The lowest BCUT2D eigenvalue weighted by Gasteiger charge is -2.22. The normalized spacial score (nSPS) is 15.2. The number of imidazole rings is 1. The molecule has 0 radical (unpaired) electrons. The zero-order chi connectivity index (χ0) is 11.3. The van der Waals surface area contributed by atoms with Crippen molar-refractivity contribution in [3.05, 3.63) is 18.2 Å². The average molecular weight is 210 g/mol. The molecule has 1 aromatic rings. The molecule has 15 heavy (non-hydrogen) atoms. The summed E-state index contributed by atoms with van der Waals surface area (Å²) in [5.74, 6) is 7.15. The molecule has 0 aliphatic rings. The first-order chi connectivity index (χ1) is 7.24. The molecule has 86 valence electrons. The Hall–Kier alpha value is -0.870. The Morgan fingerprint density at radius 1 is 1.53 bits per heavy atom. The molecule has 2 atom stereocenters. The minimum atomic E-state index is 0.150. The van der Waals surface area contributed by atoms with E-state index in [2.05, 4.69) is 35.7 Å². The van der Waals surface area contributed by atoms with Gasteiger partial charge in [0.25, 0.3) is 0 Å². The second-order valence-electron chi connectivity index (χ2n) is 4.01. The van der Waals surface area contributed by atoms with E-state index in [0.29, 0.717) is 5.92 Å². The average Bonchev–Trinajstić information content (AvgIpc) is 2.68. The summed E-state index contributed by atoms with van der Waals surface area (Å²) in [6.45, 7) is 7.53. The standard InChI is InChI=1S/C11H22N4/c1-4-7-15-8-6-13-11(15)10(14-12)9(3)5-2/h6,8-10,14H,4-5,7,12H2,1-3H3. The van der Waals surface area contributed by atoms with Crippen LogP contribution in [-0.4, -0.2) is 9.55 Å². The molecule has 0 saturated carbocycles. The maximum atomic E-state index is 5.60. The highest BCUT2D eigenvalue weighted by atomic mass is 15.3. The fraction of sp³-hybridized carbons (Fsp3) is 0.727. The molecule has 0 fully saturated rings. The van der Waals surface area contributed by atoms with Gasteiger partial charge in [-0.15, -0.1) is 0 Å². The van der Waals surface area contributed by atoms with E-state index in [1.54, 1.807) is 0 Å². The van der Waals surface area contributed by atoms with Crippen LogP contribution < -0.4 is 11.3 Å². The Labute approximate surface area is 91.8 Å². The van der Waals surface area contributed by atoms with Crippen LogP contribution in [0.3, 0.4) is 0 Å². The number of aryl methyl sites for hydroxylation is 1. The van der Waals surface area contributed by atoms with Crippen LogP contribution in [-0.2, 0) is 6.54 Å². The molecule has 1 aromatic heterocycles. The number of nitrogens with two attached hydrogens (primary N) is 1. The first-order valence-corrected chi connectivity index (χ1v) is 5.71. The van der Waals surface area contributed by atoms with E-state index in [0.717, 1.165) is 25.2 Å². The Bertz CT molecular complexity index is 282. The van der Waals surface area contributed by atoms with Crippen LogP contribution in [0.25, 0.3) is 0 Å². The summed E-state index contributed by atoms with van der Waals surface area (Å²) in [5.41, 5.74) is 2.87. The van der Waals surface area contributed by atoms with Crippen molar-refractivity contribution in [1.82, 2.24) is 15.0 Å². The van der Waals surface area contributed by atoms with Gasteiger partial charge in [-0.3, -0.25) is 5.84 Å². The molecule has 0 spiro atoms. The smallest absolute Gasteiger partial charge is 0.127 e. The van der Waals surface area contributed by atoms with E-state index in [9.17, 15) is 0 Å². The van der Waals surface area contributed by atoms with Gasteiger partial charge in [-0.1, -0.05) is 27.2 Å². The molecule has 1 rings (SSSR count). The zero-order valence-electron chi connectivity index (χ0n) is 9.90. The minimum Gasteiger partial charge on any atom is -0.334 e. The van der Waals surface area contributed by atoms with E-state index < -0.39 is 0 Å². The van der Waals surface area contributed by atoms with Crippen LogP contribution in [0.15, 0.2) is 12.4 Å². The number of rotatable bonds is 6. The molecule has 4 nitrogen and oxygen atoms in total. The Morgan fingerprint density at radius 2 is 2.27 bits per heavy atom. The first kappa shape index (κ1) is 12.2. The molecule has 0 saturated heterocycles. The number of hydrogen-bond donors (Lipinski definition) is 2. The molecule has 0 aliphatic carbocycles. The zero-order valence-corrected chi connectivity index (χ0v) is 9.90. The van der Waals surface area contributed by atoms with Crippen molar-refractivity contribution < 1.29 is 0 Å². The van der Waals surface area contributed by atoms with Gasteiger partial charge < -0.3 is 4.57 Å². The van der Waals surface area contributed by atoms with Crippen molar-refractivity contribution in [2.75, 3.05) is 0 Å². The molecule has 4 heteroatoms. The lowest BCUT2D eigenvalue weighted by molar-refractivity contribution is 0.355. The highest BCUT2D eigenvalue weighted by Crippen LogP contribution is 2.22. The predicted molar refractivity (Wildman–Crippen MR) is 62.0 cm³/mol. The molecule has 2 unspecified atom stereocenters. The van der Waals surface area contributed by atoms with Crippen molar-refractivity contribution in [2.45, 2.75) is 46.2 Å². The summed E-state index contributed by atoms with van der Waals surface area (Å²) in [6.07, 6.45) is 6.07. The van der Waals surface area contributed by atoms with Crippen molar-refractivity contribution in [2.24, 2.45) is 11.8 Å². The Balaban J connectivity index is 2.85. The summed E-state index contributed by atoms with van der Waals surface area (Å²) in [6, 6.07) is 0.150. The van der Waals surface area contributed by atoms with Gasteiger partial charge in [0.05, 0.1) is 6.04 Å². The summed E-state index contributed by atoms with van der Waals surface area (Å²) < 4.78 is 2.18. The quantitative estimate of drug-likeness (QED) is 0.556. The second-order valence-corrected chi connectivity index (χ2v) is 4.01. The Kier molecular flexibility index (Phi) is 4.78. The van der Waals surface area contributed by atoms with Gasteiger partial charge in [-0.25, -0.2) is 10.4 Å². The Morgan fingerprint density at radius 3 is 2.80 bits per heavy atom. The molecule has 0 amide bonds. The lowest BCUT2D eigenvalue weighted by Crippen LogP contribution is -2.34. The van der Waals surface area contributed by atoms with Crippen LogP contribution in [0, 0.1) is 5.92 Å². The third kappa shape index (κ3) is 2.79. The summed E-state index contributed by atoms with van der Waals surface area (Å²) in [5, 5.41) is 0. The van der Waals surface area contributed by atoms with Crippen LogP contribution >= 0.6 is 0 Å². The molecule has 0 aliphatic heterocycles. The van der Waals surface area contributed by atoms with Gasteiger partial charge in [0, 0.05) is 18.9 Å². The highest BCUT2D eigenvalue weighted by Gasteiger charge is 2.20. The second kappa shape index (κ2) is 5.88. The molecule has 3 N–H and O–H groups in total. The van der Waals surface area contributed by atoms with Gasteiger partial charge in [0.2, 0.25) is 0 Å². The van der Waals surface area contributed by atoms with Crippen molar-refractivity contribution in [3.63, 3.8) is 0 Å². The first-order valence-electron chi connectivity index (χ1n) is 5.71. The third-order valence-electron chi connectivity index (χ3n) is 2.88. The third-order valence-corrected chi connectivity index (χ3v) is 2.88. The van der Waals surface area contributed by atoms with Crippen molar-refractivity contribution in [3.8, 4) is 0 Å². The summed E-state index contributed by atoms with van der Waals surface area (Å²) >= 11 is 0.